The first kappa shape index (κ1) is 13.9. The molecular formula is C9H9BrN2O4S. The van der Waals surface area contributed by atoms with Gasteiger partial charge in [0.1, 0.15) is 0 Å². The molecule has 17 heavy (non-hydrogen) atoms. The van der Waals surface area contributed by atoms with E-state index in [2.05, 4.69) is 20.9 Å². The van der Waals surface area contributed by atoms with Gasteiger partial charge in [0.05, 0.1) is 11.3 Å². The van der Waals surface area contributed by atoms with Crippen molar-refractivity contribution in [3.8, 4) is 0 Å². The molecule has 0 aliphatic rings. The van der Waals surface area contributed by atoms with Gasteiger partial charge in [0, 0.05) is 22.0 Å². The maximum Gasteiger partial charge on any atom is 0.304 e. The summed E-state index contributed by atoms with van der Waals surface area (Å²) in [6.07, 6.45) is 1.38. The van der Waals surface area contributed by atoms with E-state index in [0.29, 0.717) is 4.47 Å². The molecule has 0 spiro atoms. The number of aliphatic carboxylic acids is 1. The second kappa shape index (κ2) is 5.97. The Bertz CT molecular complexity index is 455. The largest absolute Gasteiger partial charge is 0.481 e. The quantitative estimate of drug-likeness (QED) is 0.509. The summed E-state index contributed by atoms with van der Waals surface area (Å²) in [5.74, 6) is -0.940. The number of nitrogens with zero attached hydrogens (tertiary/aromatic N) is 2. The third kappa shape index (κ3) is 4.31. The van der Waals surface area contributed by atoms with Gasteiger partial charge < -0.3 is 5.11 Å². The lowest BCUT2D eigenvalue weighted by Gasteiger charge is -2.07. The molecule has 0 aromatic carbocycles. The van der Waals surface area contributed by atoms with Gasteiger partial charge in [-0.2, -0.15) is 0 Å². The minimum atomic E-state index is -0.940. The monoisotopic (exact) mass is 320 g/mol. The van der Waals surface area contributed by atoms with Crippen LogP contribution in [0.3, 0.4) is 0 Å². The Balaban J connectivity index is 2.90. The van der Waals surface area contributed by atoms with Gasteiger partial charge >= 0.3 is 11.7 Å². The van der Waals surface area contributed by atoms with Gasteiger partial charge in [-0.05, 0) is 15.9 Å². The van der Waals surface area contributed by atoms with Gasteiger partial charge in [-0.3, -0.25) is 14.9 Å². The third-order valence-corrected chi connectivity index (χ3v) is 3.31. The summed E-state index contributed by atoms with van der Waals surface area (Å²) in [4.78, 5) is 24.7. The van der Waals surface area contributed by atoms with Crippen molar-refractivity contribution in [1.82, 2.24) is 4.98 Å². The predicted molar refractivity (Wildman–Crippen MR) is 66.2 cm³/mol. The van der Waals surface area contributed by atoms with E-state index in [1.807, 2.05) is 0 Å². The molecular weight excluding hydrogens is 312 g/mol. The lowest BCUT2D eigenvalue weighted by molar-refractivity contribution is -0.388. The fraction of sp³-hybridized carbons (Fsp3) is 0.333. The van der Waals surface area contributed by atoms with E-state index in [4.69, 9.17) is 5.11 Å². The van der Waals surface area contributed by atoms with Gasteiger partial charge in [0.2, 0.25) is 0 Å². The number of rotatable bonds is 5. The molecule has 6 nitrogen and oxygen atoms in total. The fourth-order valence-electron chi connectivity index (χ4n) is 1.12. The van der Waals surface area contributed by atoms with Crippen LogP contribution in [0.25, 0.3) is 0 Å². The van der Waals surface area contributed by atoms with Crippen LogP contribution in [0.2, 0.25) is 0 Å². The highest BCUT2D eigenvalue weighted by molar-refractivity contribution is 9.10. The van der Waals surface area contributed by atoms with Crippen molar-refractivity contribution >= 4 is 39.3 Å². The lowest BCUT2D eigenvalue weighted by Crippen LogP contribution is -2.06. The minimum Gasteiger partial charge on any atom is -0.481 e. The molecule has 0 saturated carbocycles. The third-order valence-electron chi connectivity index (χ3n) is 1.77. The Morgan fingerprint density at radius 1 is 1.76 bits per heavy atom. The molecule has 0 fully saturated rings. The number of aromatic nitrogens is 1. The second-order valence-corrected chi connectivity index (χ2v) is 5.60. The van der Waals surface area contributed by atoms with Crippen LogP contribution >= 0.6 is 27.7 Å². The first-order chi connectivity index (χ1) is 7.90. The average Bonchev–Trinajstić information content (AvgIpc) is 2.19. The Hall–Kier alpha value is -1.15. The molecule has 0 aliphatic heterocycles. The highest BCUT2D eigenvalue weighted by atomic mass is 79.9. The van der Waals surface area contributed by atoms with Gasteiger partial charge in [-0.1, -0.05) is 18.7 Å². The van der Waals surface area contributed by atoms with Crippen LogP contribution in [0.5, 0.6) is 0 Å². The molecule has 1 N–H and O–H groups in total. The van der Waals surface area contributed by atoms with Crippen molar-refractivity contribution in [2.75, 3.05) is 0 Å². The molecule has 8 heteroatoms. The Labute approximate surface area is 110 Å². The van der Waals surface area contributed by atoms with Crippen molar-refractivity contribution in [1.29, 1.82) is 0 Å². The summed E-state index contributed by atoms with van der Waals surface area (Å²) in [6.45, 7) is 1.69. The number of hydrogen-bond donors (Lipinski definition) is 1. The molecule has 1 rings (SSSR count). The van der Waals surface area contributed by atoms with Crippen LogP contribution in [0, 0.1) is 10.1 Å². The summed E-state index contributed by atoms with van der Waals surface area (Å²) < 4.78 is 0.513. The Morgan fingerprint density at radius 2 is 2.41 bits per heavy atom. The molecule has 1 aromatic rings. The molecule has 1 aromatic heterocycles. The maximum atomic E-state index is 10.8. The number of halogens is 1. The van der Waals surface area contributed by atoms with Crippen LogP contribution < -0.4 is 0 Å². The van der Waals surface area contributed by atoms with Gasteiger partial charge in [-0.15, -0.1) is 0 Å². The van der Waals surface area contributed by atoms with Gasteiger partial charge in [-0.25, -0.2) is 4.98 Å². The summed E-state index contributed by atoms with van der Waals surface area (Å²) in [5.41, 5.74) is -0.124. The topological polar surface area (TPSA) is 93.3 Å². The predicted octanol–water partition coefficient (Wildman–Crippen LogP) is 2.71. The Morgan fingerprint density at radius 3 is 2.94 bits per heavy atom. The number of pyridine rings is 1. The van der Waals surface area contributed by atoms with Crippen LogP contribution in [-0.2, 0) is 4.79 Å². The van der Waals surface area contributed by atoms with E-state index >= 15 is 0 Å². The molecule has 1 unspecified atom stereocenters. The number of carboxylic acid groups (broad SMARTS) is 1. The molecule has 1 atom stereocenters. The number of carbonyl (C=O) groups is 1. The summed E-state index contributed by atoms with van der Waals surface area (Å²) in [6, 6.07) is 1.35. The average molecular weight is 321 g/mol. The molecule has 0 bridgehead atoms. The zero-order chi connectivity index (χ0) is 13.0. The summed E-state index contributed by atoms with van der Waals surface area (Å²) in [5, 5.41) is 19.4. The van der Waals surface area contributed by atoms with E-state index in [0.717, 1.165) is 11.8 Å². The van der Waals surface area contributed by atoms with E-state index < -0.39 is 10.9 Å². The van der Waals surface area contributed by atoms with E-state index in [1.54, 1.807) is 6.92 Å². The normalized spacial score (nSPS) is 12.1. The number of hydrogen-bond acceptors (Lipinski definition) is 5. The van der Waals surface area contributed by atoms with Crippen LogP contribution in [-0.4, -0.2) is 26.2 Å². The summed E-state index contributed by atoms with van der Waals surface area (Å²) in [7, 11) is 0. The van der Waals surface area contributed by atoms with E-state index in [9.17, 15) is 14.9 Å². The number of nitro groups is 1. The van der Waals surface area contributed by atoms with Crippen molar-refractivity contribution < 1.29 is 14.8 Å². The van der Waals surface area contributed by atoms with Crippen molar-refractivity contribution in [3.05, 3.63) is 26.9 Å². The first-order valence-corrected chi connectivity index (χ1v) is 6.25. The van der Waals surface area contributed by atoms with Crippen LogP contribution in [0.4, 0.5) is 5.69 Å². The van der Waals surface area contributed by atoms with Crippen molar-refractivity contribution in [2.24, 2.45) is 0 Å². The molecule has 92 valence electrons. The number of thioether (sulfide) groups is 1. The smallest absolute Gasteiger partial charge is 0.304 e. The zero-order valence-electron chi connectivity index (χ0n) is 8.79. The maximum absolute atomic E-state index is 10.8. The SMILES string of the molecule is CC(CC(=O)O)Sc1ncc(Br)cc1[N+](=O)[O-]. The summed E-state index contributed by atoms with van der Waals surface area (Å²) >= 11 is 4.18. The zero-order valence-corrected chi connectivity index (χ0v) is 11.2. The first-order valence-electron chi connectivity index (χ1n) is 4.58. The standard InChI is InChI=1S/C9H9BrN2O4S/c1-5(2-8(13)14)17-9-7(12(15)16)3-6(10)4-11-9/h3-5H,2H2,1H3,(H,13,14). The van der Waals surface area contributed by atoms with E-state index in [1.165, 1.54) is 12.3 Å². The number of carboxylic acids is 1. The molecule has 1 heterocycles. The van der Waals surface area contributed by atoms with Gasteiger partial charge in [0.15, 0.2) is 5.03 Å². The molecule has 0 aliphatic carbocycles. The second-order valence-electron chi connectivity index (χ2n) is 3.26. The lowest BCUT2D eigenvalue weighted by atomic mass is 10.3. The highest BCUT2D eigenvalue weighted by Crippen LogP contribution is 2.32. The molecule has 0 amide bonds. The van der Waals surface area contributed by atoms with Crippen molar-refractivity contribution in [2.45, 2.75) is 23.6 Å². The van der Waals surface area contributed by atoms with E-state index in [-0.39, 0.29) is 22.4 Å². The molecule has 0 radical (unpaired) electrons. The van der Waals surface area contributed by atoms with Crippen LogP contribution in [0.1, 0.15) is 13.3 Å². The highest BCUT2D eigenvalue weighted by Gasteiger charge is 2.20. The minimum absolute atomic E-state index is 0.0699. The van der Waals surface area contributed by atoms with Gasteiger partial charge in [0.25, 0.3) is 0 Å². The Kier molecular flexibility index (Phi) is 4.88. The van der Waals surface area contributed by atoms with Crippen LogP contribution in [0.15, 0.2) is 21.8 Å². The molecule has 0 saturated heterocycles. The fourth-order valence-corrected chi connectivity index (χ4v) is 2.41. The van der Waals surface area contributed by atoms with Crippen molar-refractivity contribution in [3.63, 3.8) is 0 Å².